The molecule has 0 aromatic heterocycles. The molecule has 0 unspecified atom stereocenters. The van der Waals surface area contributed by atoms with Gasteiger partial charge in [0.15, 0.2) is 0 Å². The van der Waals surface area contributed by atoms with Crippen LogP contribution in [0.5, 0.6) is 0 Å². The van der Waals surface area contributed by atoms with Crippen LogP contribution >= 0.6 is 0 Å². The molecule has 0 spiro atoms. The van der Waals surface area contributed by atoms with E-state index in [4.69, 9.17) is 0 Å². The Labute approximate surface area is 150 Å². The first-order valence-corrected chi connectivity index (χ1v) is 8.98. The molecule has 2 rings (SSSR count). The molecular weight excluding hydrogens is 316 g/mol. The van der Waals surface area contributed by atoms with E-state index >= 15 is 0 Å². The average Bonchev–Trinajstić information content (AvgIpc) is 2.59. The van der Waals surface area contributed by atoms with Crippen LogP contribution < -0.4 is 15.1 Å². The Morgan fingerprint density at radius 2 is 1.72 bits per heavy atom. The van der Waals surface area contributed by atoms with Crippen molar-refractivity contribution in [2.75, 3.05) is 56.1 Å². The summed E-state index contributed by atoms with van der Waals surface area (Å²) in [4.78, 5) is 30.0. The zero-order valence-electron chi connectivity index (χ0n) is 15.8. The minimum Gasteiger partial charge on any atom is -0.369 e. The minimum atomic E-state index is -0.0475. The second kappa shape index (κ2) is 8.85. The number of hydrogen-bond donors (Lipinski definition) is 1. The summed E-state index contributed by atoms with van der Waals surface area (Å²) in [5.41, 5.74) is 2.05. The van der Waals surface area contributed by atoms with Crippen LogP contribution in [-0.2, 0) is 9.59 Å². The van der Waals surface area contributed by atoms with Crippen LogP contribution in [0.3, 0.4) is 0 Å². The number of anilines is 2. The van der Waals surface area contributed by atoms with Crippen LogP contribution in [0.2, 0.25) is 0 Å². The summed E-state index contributed by atoms with van der Waals surface area (Å²) in [5, 5.41) is 2.86. The maximum absolute atomic E-state index is 12.0. The second-order valence-electron chi connectivity index (χ2n) is 6.92. The third-order valence-corrected chi connectivity index (χ3v) is 4.57. The zero-order chi connectivity index (χ0) is 18.4. The predicted octanol–water partition coefficient (Wildman–Crippen LogP) is 1.56. The van der Waals surface area contributed by atoms with Gasteiger partial charge in [-0.25, -0.2) is 0 Å². The van der Waals surface area contributed by atoms with Gasteiger partial charge in [-0.1, -0.05) is 13.8 Å². The minimum absolute atomic E-state index is 0.00826. The molecule has 1 aliphatic rings. The van der Waals surface area contributed by atoms with E-state index in [2.05, 4.69) is 34.3 Å². The Morgan fingerprint density at radius 3 is 2.24 bits per heavy atom. The number of carbonyl (C=O) groups is 2. The molecule has 1 saturated heterocycles. The molecule has 1 aromatic rings. The Kier molecular flexibility index (Phi) is 6.82. The standard InChI is InChI=1S/C19H30N4O2/c1-15(2)19(25)20-9-10-23(16(3)24)18-7-5-17(6-8-18)22-13-11-21(4)12-14-22/h5-8,15H,9-14H2,1-4H3,(H,20,25). The first-order chi connectivity index (χ1) is 11.9. The van der Waals surface area contributed by atoms with Crippen LogP contribution in [0.1, 0.15) is 20.8 Å². The fraction of sp³-hybridized carbons (Fsp3) is 0.579. The molecule has 1 fully saturated rings. The third-order valence-electron chi connectivity index (χ3n) is 4.57. The fourth-order valence-electron chi connectivity index (χ4n) is 2.87. The maximum atomic E-state index is 12.0. The van der Waals surface area contributed by atoms with E-state index < -0.39 is 0 Å². The van der Waals surface area contributed by atoms with Crippen LogP contribution in [-0.4, -0.2) is 63.0 Å². The summed E-state index contributed by atoms with van der Waals surface area (Å²) < 4.78 is 0. The van der Waals surface area contributed by atoms with Gasteiger partial charge in [-0.2, -0.15) is 0 Å². The second-order valence-corrected chi connectivity index (χ2v) is 6.92. The van der Waals surface area contributed by atoms with E-state index in [9.17, 15) is 9.59 Å². The molecular formula is C19H30N4O2. The normalized spacial score (nSPS) is 15.3. The highest BCUT2D eigenvalue weighted by Gasteiger charge is 2.16. The van der Waals surface area contributed by atoms with Gasteiger partial charge < -0.3 is 20.0 Å². The quantitative estimate of drug-likeness (QED) is 0.849. The van der Waals surface area contributed by atoms with Crippen LogP contribution in [0.15, 0.2) is 24.3 Å². The number of nitrogens with zero attached hydrogens (tertiary/aromatic N) is 3. The number of likely N-dealkylation sites (N-methyl/N-ethyl adjacent to an activating group) is 1. The lowest BCUT2D eigenvalue weighted by atomic mass is 10.2. The zero-order valence-corrected chi connectivity index (χ0v) is 15.8. The fourth-order valence-corrected chi connectivity index (χ4v) is 2.87. The van der Waals surface area contributed by atoms with Crippen molar-refractivity contribution < 1.29 is 9.59 Å². The van der Waals surface area contributed by atoms with Gasteiger partial charge in [-0.3, -0.25) is 9.59 Å². The van der Waals surface area contributed by atoms with Crippen molar-refractivity contribution in [1.82, 2.24) is 10.2 Å². The Morgan fingerprint density at radius 1 is 1.12 bits per heavy atom. The lowest BCUT2D eigenvalue weighted by molar-refractivity contribution is -0.124. The lowest BCUT2D eigenvalue weighted by Gasteiger charge is -2.34. The number of hydrogen-bond acceptors (Lipinski definition) is 4. The summed E-state index contributed by atoms with van der Waals surface area (Å²) in [5.74, 6) is -0.0614. The van der Waals surface area contributed by atoms with Gasteiger partial charge in [0, 0.05) is 63.5 Å². The Balaban J connectivity index is 1.96. The molecule has 1 aromatic carbocycles. The number of benzene rings is 1. The van der Waals surface area contributed by atoms with Crippen LogP contribution in [0.4, 0.5) is 11.4 Å². The summed E-state index contributed by atoms with van der Waals surface area (Å²) in [6.45, 7) is 10.4. The maximum Gasteiger partial charge on any atom is 0.223 e. The molecule has 6 nitrogen and oxygen atoms in total. The van der Waals surface area contributed by atoms with Crippen molar-refractivity contribution in [1.29, 1.82) is 0 Å². The van der Waals surface area contributed by atoms with E-state index in [0.29, 0.717) is 13.1 Å². The van der Waals surface area contributed by atoms with Crippen molar-refractivity contribution >= 4 is 23.2 Å². The molecule has 6 heteroatoms. The molecule has 1 heterocycles. The number of carbonyl (C=O) groups excluding carboxylic acids is 2. The Bertz CT molecular complexity index is 578. The molecule has 2 amide bonds. The van der Waals surface area contributed by atoms with E-state index in [-0.39, 0.29) is 17.7 Å². The number of rotatable bonds is 6. The topological polar surface area (TPSA) is 55.9 Å². The monoisotopic (exact) mass is 346 g/mol. The lowest BCUT2D eigenvalue weighted by Crippen LogP contribution is -2.44. The molecule has 0 radical (unpaired) electrons. The van der Waals surface area contributed by atoms with Crippen LogP contribution in [0.25, 0.3) is 0 Å². The summed E-state index contributed by atoms with van der Waals surface area (Å²) in [6, 6.07) is 8.12. The smallest absolute Gasteiger partial charge is 0.223 e. The van der Waals surface area contributed by atoms with Gasteiger partial charge in [-0.05, 0) is 31.3 Å². The summed E-state index contributed by atoms with van der Waals surface area (Å²) in [6.07, 6.45) is 0. The largest absolute Gasteiger partial charge is 0.369 e. The number of nitrogens with one attached hydrogen (secondary N) is 1. The summed E-state index contributed by atoms with van der Waals surface area (Å²) >= 11 is 0. The molecule has 138 valence electrons. The molecule has 25 heavy (non-hydrogen) atoms. The molecule has 0 aliphatic carbocycles. The van der Waals surface area contributed by atoms with E-state index in [1.807, 2.05) is 26.0 Å². The van der Waals surface area contributed by atoms with E-state index in [0.717, 1.165) is 31.9 Å². The van der Waals surface area contributed by atoms with Crippen molar-refractivity contribution in [3.05, 3.63) is 24.3 Å². The van der Waals surface area contributed by atoms with Crippen molar-refractivity contribution in [2.45, 2.75) is 20.8 Å². The summed E-state index contributed by atoms with van der Waals surface area (Å²) in [7, 11) is 2.14. The Hall–Kier alpha value is -2.08. The van der Waals surface area contributed by atoms with Crippen LogP contribution in [0, 0.1) is 5.92 Å². The molecule has 0 atom stereocenters. The highest BCUT2D eigenvalue weighted by Crippen LogP contribution is 2.22. The van der Waals surface area contributed by atoms with Crippen molar-refractivity contribution in [2.24, 2.45) is 5.92 Å². The third kappa shape index (κ3) is 5.46. The molecule has 0 bridgehead atoms. The van der Waals surface area contributed by atoms with Gasteiger partial charge in [0.05, 0.1) is 0 Å². The van der Waals surface area contributed by atoms with Gasteiger partial charge in [0.1, 0.15) is 0 Å². The number of amides is 2. The predicted molar refractivity (Wildman–Crippen MR) is 102 cm³/mol. The molecule has 1 aliphatic heterocycles. The molecule has 0 saturated carbocycles. The van der Waals surface area contributed by atoms with Gasteiger partial charge >= 0.3 is 0 Å². The molecule has 1 N–H and O–H groups in total. The SMILES string of the molecule is CC(=O)N(CCNC(=O)C(C)C)c1ccc(N2CCN(C)CC2)cc1. The first-order valence-electron chi connectivity index (χ1n) is 8.98. The van der Waals surface area contributed by atoms with E-state index in [1.54, 1.807) is 11.8 Å². The van der Waals surface area contributed by atoms with Gasteiger partial charge in [-0.15, -0.1) is 0 Å². The highest BCUT2D eigenvalue weighted by molar-refractivity contribution is 5.91. The highest BCUT2D eigenvalue weighted by atomic mass is 16.2. The van der Waals surface area contributed by atoms with Gasteiger partial charge in [0.25, 0.3) is 0 Å². The first kappa shape index (κ1) is 19.2. The average molecular weight is 346 g/mol. The van der Waals surface area contributed by atoms with Crippen molar-refractivity contribution in [3.8, 4) is 0 Å². The van der Waals surface area contributed by atoms with Gasteiger partial charge in [0.2, 0.25) is 11.8 Å². The number of piperazine rings is 1. The van der Waals surface area contributed by atoms with Crippen molar-refractivity contribution in [3.63, 3.8) is 0 Å². The van der Waals surface area contributed by atoms with E-state index in [1.165, 1.54) is 5.69 Å².